The molecular formula is C12H14N6O3S2. The molecule has 2 N–H and O–H groups in total. The molecule has 2 rings (SSSR count). The minimum atomic E-state index is -0.506. The highest BCUT2D eigenvalue weighted by Crippen LogP contribution is 2.21. The molecule has 0 radical (unpaired) electrons. The monoisotopic (exact) mass is 354 g/mol. The van der Waals surface area contributed by atoms with Gasteiger partial charge in [0.05, 0.1) is 10.7 Å². The van der Waals surface area contributed by atoms with E-state index in [1.54, 1.807) is 0 Å². The van der Waals surface area contributed by atoms with Crippen molar-refractivity contribution in [2.45, 2.75) is 11.3 Å². The minimum Gasteiger partial charge on any atom is -0.368 e. The van der Waals surface area contributed by atoms with E-state index in [9.17, 15) is 14.9 Å². The number of carbonyl (C=O) groups is 1. The van der Waals surface area contributed by atoms with Gasteiger partial charge >= 0.3 is 0 Å². The Balaban J connectivity index is 1.62. The van der Waals surface area contributed by atoms with Gasteiger partial charge in [-0.1, -0.05) is 23.1 Å². The van der Waals surface area contributed by atoms with Crippen molar-refractivity contribution >= 4 is 40.5 Å². The fourth-order valence-corrected chi connectivity index (χ4v) is 3.15. The van der Waals surface area contributed by atoms with Crippen molar-refractivity contribution < 1.29 is 9.72 Å². The molecule has 0 spiro atoms. The van der Waals surface area contributed by atoms with Crippen molar-refractivity contribution in [1.29, 1.82) is 0 Å². The van der Waals surface area contributed by atoms with Crippen molar-refractivity contribution in [3.8, 4) is 0 Å². The van der Waals surface area contributed by atoms with Gasteiger partial charge in [-0.15, -0.1) is 10.2 Å². The van der Waals surface area contributed by atoms with Crippen LogP contribution in [0.25, 0.3) is 0 Å². The lowest BCUT2D eigenvalue weighted by molar-refractivity contribution is -0.385. The van der Waals surface area contributed by atoms with Crippen LogP contribution in [0.2, 0.25) is 0 Å². The predicted molar refractivity (Wildman–Crippen MR) is 87.8 cm³/mol. The van der Waals surface area contributed by atoms with E-state index in [1.165, 1.54) is 41.4 Å². The predicted octanol–water partition coefficient (Wildman–Crippen LogP) is 1.47. The molecule has 122 valence electrons. The highest BCUT2D eigenvalue weighted by atomic mass is 32.2. The van der Waals surface area contributed by atoms with Gasteiger partial charge in [0.25, 0.3) is 5.69 Å². The van der Waals surface area contributed by atoms with Crippen LogP contribution in [0.4, 0.5) is 11.5 Å². The average Bonchev–Trinajstić information content (AvgIpc) is 2.95. The SMILES string of the molecule is Cc1nnc(SCC(=O)NCCNc2ccc([N+](=O)[O-])cn2)s1. The van der Waals surface area contributed by atoms with E-state index in [2.05, 4.69) is 25.8 Å². The molecule has 23 heavy (non-hydrogen) atoms. The number of aryl methyl sites for hydroxylation is 1. The number of nitrogens with zero attached hydrogens (tertiary/aromatic N) is 4. The van der Waals surface area contributed by atoms with Crippen LogP contribution in [-0.2, 0) is 4.79 Å². The number of pyridine rings is 1. The Labute approximate surface area is 140 Å². The summed E-state index contributed by atoms with van der Waals surface area (Å²) in [5, 5.41) is 24.9. The molecule has 0 aliphatic rings. The third-order valence-electron chi connectivity index (χ3n) is 2.55. The average molecular weight is 354 g/mol. The van der Waals surface area contributed by atoms with Crippen molar-refractivity contribution in [3.05, 3.63) is 33.5 Å². The fourth-order valence-electron chi connectivity index (χ4n) is 1.51. The van der Waals surface area contributed by atoms with Crippen molar-refractivity contribution in [2.24, 2.45) is 0 Å². The first-order valence-corrected chi connectivity index (χ1v) is 8.39. The van der Waals surface area contributed by atoms with Crippen LogP contribution < -0.4 is 10.6 Å². The number of hydrogen-bond acceptors (Lipinski definition) is 9. The smallest absolute Gasteiger partial charge is 0.287 e. The lowest BCUT2D eigenvalue weighted by Gasteiger charge is -2.06. The molecule has 1 amide bonds. The summed E-state index contributed by atoms with van der Waals surface area (Å²) in [5.74, 6) is 0.703. The Morgan fingerprint density at radius 1 is 1.39 bits per heavy atom. The maximum atomic E-state index is 11.7. The summed E-state index contributed by atoms with van der Waals surface area (Å²) >= 11 is 2.80. The molecule has 2 aromatic rings. The summed E-state index contributed by atoms with van der Waals surface area (Å²) in [6, 6.07) is 2.89. The summed E-state index contributed by atoms with van der Waals surface area (Å²) in [6.45, 7) is 2.76. The second kappa shape index (κ2) is 8.39. The topological polar surface area (TPSA) is 123 Å². The number of hydrogen-bond donors (Lipinski definition) is 2. The quantitative estimate of drug-likeness (QED) is 0.316. The molecule has 0 aromatic carbocycles. The molecule has 0 fully saturated rings. The number of aromatic nitrogens is 3. The molecule has 2 aromatic heterocycles. The maximum Gasteiger partial charge on any atom is 0.287 e. The first-order chi connectivity index (χ1) is 11.0. The molecule has 0 saturated carbocycles. The minimum absolute atomic E-state index is 0.0622. The molecule has 0 saturated heterocycles. The Kier molecular flexibility index (Phi) is 6.23. The van der Waals surface area contributed by atoms with Gasteiger partial charge in [-0.3, -0.25) is 14.9 Å². The molecule has 0 aliphatic carbocycles. The zero-order valence-corrected chi connectivity index (χ0v) is 13.8. The second-order valence-electron chi connectivity index (χ2n) is 4.31. The summed E-state index contributed by atoms with van der Waals surface area (Å²) in [6.07, 6.45) is 1.18. The van der Waals surface area contributed by atoms with Gasteiger partial charge in [0, 0.05) is 19.2 Å². The molecule has 0 bridgehead atoms. The van der Waals surface area contributed by atoms with E-state index in [0.29, 0.717) is 18.9 Å². The standard InChI is InChI=1S/C12H14N6O3S2/c1-8-16-17-12(23-8)22-7-11(19)14-5-4-13-10-3-2-9(6-15-10)18(20)21/h2-3,6H,4-5,7H2,1H3,(H,13,15)(H,14,19). The highest BCUT2D eigenvalue weighted by molar-refractivity contribution is 8.01. The van der Waals surface area contributed by atoms with E-state index in [4.69, 9.17) is 0 Å². The van der Waals surface area contributed by atoms with Crippen LogP contribution >= 0.6 is 23.1 Å². The number of anilines is 1. The highest BCUT2D eigenvalue weighted by Gasteiger charge is 2.07. The van der Waals surface area contributed by atoms with E-state index < -0.39 is 4.92 Å². The first kappa shape index (κ1) is 17.1. The Bertz CT molecular complexity index is 676. The molecule has 0 atom stereocenters. The molecule has 11 heteroatoms. The number of amides is 1. The summed E-state index contributed by atoms with van der Waals surface area (Å²) < 4.78 is 0.769. The van der Waals surface area contributed by atoms with Gasteiger partial charge in [0.2, 0.25) is 5.91 Å². The van der Waals surface area contributed by atoms with E-state index in [0.717, 1.165) is 9.35 Å². The zero-order chi connectivity index (χ0) is 16.7. The van der Waals surface area contributed by atoms with E-state index in [1.807, 2.05) is 6.92 Å². The van der Waals surface area contributed by atoms with E-state index >= 15 is 0 Å². The number of carbonyl (C=O) groups excluding carboxylic acids is 1. The van der Waals surface area contributed by atoms with Gasteiger partial charge in [-0.05, 0) is 13.0 Å². The van der Waals surface area contributed by atoms with Crippen LogP contribution in [0.3, 0.4) is 0 Å². The lowest BCUT2D eigenvalue weighted by atomic mass is 10.4. The Hall–Kier alpha value is -2.27. The van der Waals surface area contributed by atoms with Crippen molar-refractivity contribution in [3.63, 3.8) is 0 Å². The van der Waals surface area contributed by atoms with Crippen LogP contribution in [0.5, 0.6) is 0 Å². The maximum absolute atomic E-state index is 11.7. The molecular weight excluding hydrogens is 340 g/mol. The number of nitro groups is 1. The third-order valence-corrected chi connectivity index (χ3v) is 4.52. The summed E-state index contributed by atoms with van der Waals surface area (Å²) in [4.78, 5) is 25.6. The number of thioether (sulfide) groups is 1. The third kappa shape index (κ3) is 5.79. The van der Waals surface area contributed by atoms with Crippen LogP contribution in [0.15, 0.2) is 22.7 Å². The molecule has 0 aliphatic heterocycles. The molecule has 2 heterocycles. The van der Waals surface area contributed by atoms with Gasteiger partial charge in [0.1, 0.15) is 17.0 Å². The van der Waals surface area contributed by atoms with Gasteiger partial charge in [-0.25, -0.2) is 4.98 Å². The van der Waals surface area contributed by atoms with Crippen LogP contribution in [-0.4, -0.2) is 44.9 Å². The van der Waals surface area contributed by atoms with Crippen molar-refractivity contribution in [2.75, 3.05) is 24.2 Å². The summed E-state index contributed by atoms with van der Waals surface area (Å²) in [5.41, 5.74) is -0.0622. The molecule has 9 nitrogen and oxygen atoms in total. The number of rotatable bonds is 8. The zero-order valence-electron chi connectivity index (χ0n) is 12.2. The Morgan fingerprint density at radius 2 is 2.22 bits per heavy atom. The largest absolute Gasteiger partial charge is 0.368 e. The summed E-state index contributed by atoms with van der Waals surface area (Å²) in [7, 11) is 0. The first-order valence-electron chi connectivity index (χ1n) is 6.58. The normalized spacial score (nSPS) is 10.3. The van der Waals surface area contributed by atoms with Crippen molar-refractivity contribution in [1.82, 2.24) is 20.5 Å². The van der Waals surface area contributed by atoms with Crippen LogP contribution in [0.1, 0.15) is 5.01 Å². The van der Waals surface area contributed by atoms with Gasteiger partial charge in [0.15, 0.2) is 4.34 Å². The number of nitrogens with one attached hydrogen (secondary N) is 2. The fraction of sp³-hybridized carbons (Fsp3) is 0.333. The molecule has 0 unspecified atom stereocenters. The second-order valence-corrected chi connectivity index (χ2v) is 6.72. The lowest BCUT2D eigenvalue weighted by Crippen LogP contribution is -2.30. The van der Waals surface area contributed by atoms with Gasteiger partial charge in [-0.2, -0.15) is 0 Å². The van der Waals surface area contributed by atoms with E-state index in [-0.39, 0.29) is 17.3 Å². The Morgan fingerprint density at radius 3 is 2.83 bits per heavy atom. The van der Waals surface area contributed by atoms with Gasteiger partial charge < -0.3 is 10.6 Å². The van der Waals surface area contributed by atoms with Crippen LogP contribution in [0, 0.1) is 17.0 Å².